The molecule has 0 spiro atoms. The topological polar surface area (TPSA) is 71.0 Å². The molecule has 6 nitrogen and oxygen atoms in total. The number of ether oxygens (including phenoxy) is 1. The summed E-state index contributed by atoms with van der Waals surface area (Å²) in [6.07, 6.45) is 4.70. The van der Waals surface area contributed by atoms with Crippen molar-refractivity contribution in [3.05, 3.63) is 59.8 Å². The molecule has 1 atom stereocenters. The van der Waals surface area contributed by atoms with E-state index < -0.39 is 12.1 Å². The molecule has 0 bridgehead atoms. The molecule has 0 fully saturated rings. The maximum Gasteiger partial charge on any atom is 0.408 e. The van der Waals surface area contributed by atoms with Gasteiger partial charge in [0.15, 0.2) is 0 Å². The Hall–Kier alpha value is -2.89. The van der Waals surface area contributed by atoms with Crippen molar-refractivity contribution in [3.8, 4) is 0 Å². The molecule has 1 N–H and O–H groups in total. The standard InChI is InChI=1S/C17H17N3O3/c1-12-6-5-9-20-15(12)18-10-14(16(20)21)19-17(22)23-11-13-7-3-2-4-8-13/h2-9,14H,10-11H2,1H3,(H,19,22). The Morgan fingerprint density at radius 1 is 1.39 bits per heavy atom. The van der Waals surface area contributed by atoms with E-state index in [1.807, 2.05) is 43.3 Å². The highest BCUT2D eigenvalue weighted by molar-refractivity contribution is 6.12. The van der Waals surface area contributed by atoms with E-state index in [9.17, 15) is 9.59 Å². The average Bonchev–Trinajstić information content (AvgIpc) is 2.57. The number of hydrogen-bond donors (Lipinski definition) is 1. The summed E-state index contributed by atoms with van der Waals surface area (Å²) in [6, 6.07) is 8.65. The van der Waals surface area contributed by atoms with E-state index in [2.05, 4.69) is 10.3 Å². The van der Waals surface area contributed by atoms with Gasteiger partial charge in [-0.05, 0) is 24.1 Å². The maximum atomic E-state index is 12.4. The first-order chi connectivity index (χ1) is 11.1. The summed E-state index contributed by atoms with van der Waals surface area (Å²) >= 11 is 0. The minimum atomic E-state index is -0.711. The van der Waals surface area contributed by atoms with Crippen LogP contribution in [0.5, 0.6) is 0 Å². The number of allylic oxidation sites excluding steroid dienone is 2. The van der Waals surface area contributed by atoms with Crippen LogP contribution in [0.2, 0.25) is 0 Å². The number of benzene rings is 1. The first-order valence-corrected chi connectivity index (χ1v) is 7.35. The van der Waals surface area contributed by atoms with E-state index >= 15 is 0 Å². The number of carbonyl (C=O) groups excluding carboxylic acids is 2. The van der Waals surface area contributed by atoms with Crippen LogP contribution < -0.4 is 5.32 Å². The van der Waals surface area contributed by atoms with Gasteiger partial charge in [0.05, 0.1) is 6.54 Å². The number of rotatable bonds is 3. The molecule has 0 saturated heterocycles. The average molecular weight is 311 g/mol. The van der Waals surface area contributed by atoms with Crippen LogP contribution in [0.1, 0.15) is 12.5 Å². The summed E-state index contributed by atoms with van der Waals surface area (Å²) in [6.45, 7) is 2.27. The van der Waals surface area contributed by atoms with Gasteiger partial charge in [0.1, 0.15) is 18.5 Å². The Labute approximate surface area is 134 Å². The number of amides is 2. The molecule has 3 rings (SSSR count). The van der Waals surface area contributed by atoms with Crippen molar-refractivity contribution >= 4 is 17.8 Å². The fraction of sp³-hybridized carbons (Fsp3) is 0.235. The van der Waals surface area contributed by atoms with Crippen LogP contribution in [0, 0.1) is 0 Å². The molecule has 2 amide bonds. The fourth-order valence-electron chi connectivity index (χ4n) is 2.43. The number of nitrogens with one attached hydrogen (secondary N) is 1. The number of carbonyl (C=O) groups is 2. The van der Waals surface area contributed by atoms with Crippen molar-refractivity contribution in [3.63, 3.8) is 0 Å². The summed E-state index contributed by atoms with van der Waals surface area (Å²) in [5, 5.41) is 2.57. The van der Waals surface area contributed by atoms with Crippen LogP contribution >= 0.6 is 0 Å². The summed E-state index contributed by atoms with van der Waals surface area (Å²) < 4.78 is 5.14. The molecule has 0 radical (unpaired) electrons. The van der Waals surface area contributed by atoms with Crippen LogP contribution in [-0.4, -0.2) is 35.3 Å². The minimum Gasteiger partial charge on any atom is -0.445 e. The van der Waals surface area contributed by atoms with Gasteiger partial charge in [0.2, 0.25) is 0 Å². The van der Waals surface area contributed by atoms with Gasteiger partial charge in [-0.3, -0.25) is 14.7 Å². The van der Waals surface area contributed by atoms with E-state index in [1.165, 1.54) is 4.90 Å². The molecule has 118 valence electrons. The second-order valence-electron chi connectivity index (χ2n) is 5.32. The van der Waals surface area contributed by atoms with Gasteiger partial charge in [0.25, 0.3) is 5.91 Å². The Bertz CT molecular complexity index is 707. The van der Waals surface area contributed by atoms with Crippen molar-refractivity contribution in [2.75, 3.05) is 6.54 Å². The van der Waals surface area contributed by atoms with Crippen molar-refractivity contribution in [1.29, 1.82) is 0 Å². The Morgan fingerprint density at radius 3 is 2.96 bits per heavy atom. The van der Waals surface area contributed by atoms with Crippen molar-refractivity contribution < 1.29 is 14.3 Å². The molecule has 6 heteroatoms. The van der Waals surface area contributed by atoms with Crippen molar-refractivity contribution in [2.24, 2.45) is 4.99 Å². The molecule has 1 aromatic carbocycles. The Morgan fingerprint density at radius 2 is 2.17 bits per heavy atom. The van der Waals surface area contributed by atoms with Crippen LogP contribution in [0.4, 0.5) is 4.79 Å². The molecule has 2 aliphatic rings. The molecular formula is C17H17N3O3. The van der Waals surface area contributed by atoms with Gasteiger partial charge < -0.3 is 10.1 Å². The predicted octanol–water partition coefficient (Wildman–Crippen LogP) is 2.00. The van der Waals surface area contributed by atoms with Gasteiger partial charge in [0, 0.05) is 6.20 Å². The van der Waals surface area contributed by atoms with E-state index in [1.54, 1.807) is 12.3 Å². The lowest BCUT2D eigenvalue weighted by atomic mass is 10.1. The second-order valence-corrected chi connectivity index (χ2v) is 5.32. The van der Waals surface area contributed by atoms with E-state index in [4.69, 9.17) is 4.74 Å². The smallest absolute Gasteiger partial charge is 0.408 e. The molecular weight excluding hydrogens is 294 g/mol. The van der Waals surface area contributed by atoms with Crippen LogP contribution in [-0.2, 0) is 16.1 Å². The van der Waals surface area contributed by atoms with Crippen LogP contribution in [0.25, 0.3) is 0 Å². The normalized spacial score (nSPS) is 19.6. The largest absolute Gasteiger partial charge is 0.445 e. The third kappa shape index (κ3) is 3.31. The summed E-state index contributed by atoms with van der Waals surface area (Å²) in [5.41, 5.74) is 1.81. The number of aliphatic imine (C=N–C) groups is 1. The summed E-state index contributed by atoms with van der Waals surface area (Å²) in [4.78, 5) is 30.1. The van der Waals surface area contributed by atoms with Gasteiger partial charge >= 0.3 is 6.09 Å². The summed E-state index contributed by atoms with van der Waals surface area (Å²) in [5.74, 6) is 0.420. The zero-order valence-electron chi connectivity index (χ0n) is 12.7. The first-order valence-electron chi connectivity index (χ1n) is 7.35. The Balaban J connectivity index is 1.58. The maximum absolute atomic E-state index is 12.4. The van der Waals surface area contributed by atoms with Gasteiger partial charge in [-0.2, -0.15) is 0 Å². The third-order valence-corrected chi connectivity index (χ3v) is 3.63. The summed E-state index contributed by atoms with van der Waals surface area (Å²) in [7, 11) is 0. The highest BCUT2D eigenvalue weighted by Gasteiger charge is 2.33. The highest BCUT2D eigenvalue weighted by atomic mass is 16.5. The van der Waals surface area contributed by atoms with E-state index in [0.717, 1.165) is 11.1 Å². The SMILES string of the molecule is CC1=CC=CN2C(=O)C(NC(=O)OCc3ccccc3)CN=C12. The Kier molecular flexibility index (Phi) is 4.23. The quantitative estimate of drug-likeness (QED) is 0.928. The lowest BCUT2D eigenvalue weighted by Crippen LogP contribution is -2.54. The van der Waals surface area contributed by atoms with Crippen LogP contribution in [0.15, 0.2) is 59.2 Å². The molecule has 1 aromatic rings. The molecule has 0 saturated carbocycles. The third-order valence-electron chi connectivity index (χ3n) is 3.63. The monoisotopic (exact) mass is 311 g/mol. The van der Waals surface area contributed by atoms with Crippen molar-refractivity contribution in [2.45, 2.75) is 19.6 Å². The fourth-order valence-corrected chi connectivity index (χ4v) is 2.43. The number of fused-ring (bicyclic) bond motifs is 1. The number of alkyl carbamates (subject to hydrolysis) is 1. The zero-order valence-corrected chi connectivity index (χ0v) is 12.7. The lowest BCUT2D eigenvalue weighted by Gasteiger charge is -2.31. The van der Waals surface area contributed by atoms with Gasteiger partial charge in [-0.15, -0.1) is 0 Å². The molecule has 1 unspecified atom stereocenters. The molecule has 2 aliphatic heterocycles. The van der Waals surface area contributed by atoms with Gasteiger partial charge in [-0.25, -0.2) is 4.79 Å². The molecule has 23 heavy (non-hydrogen) atoms. The van der Waals surface area contributed by atoms with Crippen molar-refractivity contribution in [1.82, 2.24) is 10.2 Å². The van der Waals surface area contributed by atoms with Crippen LogP contribution in [0.3, 0.4) is 0 Å². The van der Waals surface area contributed by atoms with E-state index in [-0.39, 0.29) is 19.1 Å². The molecule has 0 aromatic heterocycles. The predicted molar refractivity (Wildman–Crippen MR) is 85.6 cm³/mol. The molecule has 2 heterocycles. The van der Waals surface area contributed by atoms with E-state index in [0.29, 0.717) is 5.84 Å². The lowest BCUT2D eigenvalue weighted by molar-refractivity contribution is -0.127. The second kappa shape index (κ2) is 6.48. The zero-order chi connectivity index (χ0) is 16.2. The first kappa shape index (κ1) is 15.0. The highest BCUT2D eigenvalue weighted by Crippen LogP contribution is 2.16. The van der Waals surface area contributed by atoms with Gasteiger partial charge in [-0.1, -0.05) is 36.4 Å². The molecule has 0 aliphatic carbocycles. The number of amidine groups is 1. The number of hydrogen-bond acceptors (Lipinski definition) is 4. The number of nitrogens with zero attached hydrogens (tertiary/aromatic N) is 2. The minimum absolute atomic E-state index is 0.160.